The van der Waals surface area contributed by atoms with E-state index in [1.54, 1.807) is 0 Å². The van der Waals surface area contributed by atoms with Crippen LogP contribution in [0, 0.1) is 0 Å². The Morgan fingerprint density at radius 2 is 1.87 bits per heavy atom. The van der Waals surface area contributed by atoms with Gasteiger partial charge in [0.25, 0.3) is 0 Å². The van der Waals surface area contributed by atoms with E-state index < -0.39 is 0 Å². The minimum Gasteiger partial charge on any atom is -0.253 e. The number of benzene rings is 1. The molecule has 1 aliphatic heterocycles. The molecule has 1 aliphatic carbocycles. The molecule has 3 rings (SSSR count). The first kappa shape index (κ1) is 9.34. The molecular weight excluding hydrogens is 208 g/mol. The fraction of sp³-hybridized carbons (Fsp3) is 0.500. The molecule has 78 valence electrons. The van der Waals surface area contributed by atoms with Gasteiger partial charge in [0.1, 0.15) is 5.36 Å². The monoisotopic (exact) mass is 220 g/mol. The maximum atomic E-state index is 6.12. The average Bonchev–Trinajstić information content (AvgIpc) is 2.59. The van der Waals surface area contributed by atoms with Crippen molar-refractivity contribution in [2.75, 3.05) is 0 Å². The number of nitrogens with zero attached hydrogens (tertiary/aromatic N) is 2. The molecule has 1 fully saturated rings. The van der Waals surface area contributed by atoms with Gasteiger partial charge in [0.15, 0.2) is 5.66 Å². The Morgan fingerprint density at radius 3 is 2.60 bits per heavy atom. The topological polar surface area (TPSA) is 24.7 Å². The Balaban J connectivity index is 2.16. The van der Waals surface area contributed by atoms with Crippen molar-refractivity contribution in [2.24, 2.45) is 9.98 Å². The van der Waals surface area contributed by atoms with Crippen LogP contribution in [-0.4, -0.2) is 5.66 Å². The molecule has 1 aromatic rings. The summed E-state index contributed by atoms with van der Waals surface area (Å²) >= 11 is 6.12. The van der Waals surface area contributed by atoms with E-state index in [0.29, 0.717) is 0 Å². The van der Waals surface area contributed by atoms with Crippen molar-refractivity contribution in [3.05, 3.63) is 33.9 Å². The zero-order chi connectivity index (χ0) is 10.3. The predicted molar refractivity (Wildman–Crippen MR) is 59.6 cm³/mol. The lowest BCUT2D eigenvalue weighted by Crippen LogP contribution is -2.26. The quantitative estimate of drug-likeness (QED) is 0.641. The highest BCUT2D eigenvalue weighted by molar-refractivity contribution is 6.30. The molecule has 3 heteroatoms. The van der Waals surface area contributed by atoms with Crippen LogP contribution in [-0.2, 0) is 0 Å². The van der Waals surface area contributed by atoms with E-state index in [0.717, 1.165) is 28.6 Å². The van der Waals surface area contributed by atoms with Crippen molar-refractivity contribution in [2.45, 2.75) is 37.8 Å². The van der Waals surface area contributed by atoms with Gasteiger partial charge in [-0.3, -0.25) is 9.98 Å². The van der Waals surface area contributed by atoms with E-state index in [1.165, 1.54) is 19.3 Å². The molecule has 2 aliphatic rings. The molecule has 1 spiro atoms. The van der Waals surface area contributed by atoms with Crippen LogP contribution in [0.1, 0.15) is 32.1 Å². The first-order valence-electron chi connectivity index (χ1n) is 5.53. The molecule has 0 atom stereocenters. The summed E-state index contributed by atoms with van der Waals surface area (Å²) in [6.45, 7) is 0. The van der Waals surface area contributed by atoms with E-state index in [9.17, 15) is 0 Å². The van der Waals surface area contributed by atoms with Gasteiger partial charge in [0.05, 0.1) is 10.4 Å². The number of halogens is 1. The van der Waals surface area contributed by atoms with Crippen LogP contribution >= 0.6 is 11.6 Å². The lowest BCUT2D eigenvalue weighted by Gasteiger charge is -2.27. The van der Waals surface area contributed by atoms with Crippen molar-refractivity contribution in [1.82, 2.24) is 0 Å². The third-order valence-electron chi connectivity index (χ3n) is 3.27. The summed E-state index contributed by atoms with van der Waals surface area (Å²) in [7, 11) is 0. The number of rotatable bonds is 0. The van der Waals surface area contributed by atoms with Crippen molar-refractivity contribution < 1.29 is 0 Å². The van der Waals surface area contributed by atoms with E-state index in [1.807, 2.05) is 18.2 Å². The first-order valence-corrected chi connectivity index (χ1v) is 5.91. The second kappa shape index (κ2) is 3.31. The number of hydrogen-bond acceptors (Lipinski definition) is 2. The van der Waals surface area contributed by atoms with E-state index >= 15 is 0 Å². The van der Waals surface area contributed by atoms with Crippen LogP contribution in [0.25, 0.3) is 0 Å². The average molecular weight is 221 g/mol. The lowest BCUT2D eigenvalue weighted by molar-refractivity contribution is 0.309. The van der Waals surface area contributed by atoms with Gasteiger partial charge in [-0.1, -0.05) is 24.1 Å². The van der Waals surface area contributed by atoms with Crippen LogP contribution in [0.4, 0.5) is 0 Å². The summed E-state index contributed by atoms with van der Waals surface area (Å²) in [5.41, 5.74) is -0.161. The second-order valence-corrected chi connectivity index (χ2v) is 4.78. The Morgan fingerprint density at radius 1 is 1.07 bits per heavy atom. The molecule has 2 nitrogen and oxygen atoms in total. The molecule has 1 heterocycles. The third kappa shape index (κ3) is 1.48. The molecule has 1 aromatic carbocycles. The smallest absolute Gasteiger partial charge is 0.151 e. The van der Waals surface area contributed by atoms with Crippen molar-refractivity contribution in [1.29, 1.82) is 0 Å². The Kier molecular flexibility index (Phi) is 2.06. The highest BCUT2D eigenvalue weighted by Gasteiger charge is 2.32. The minimum atomic E-state index is -0.161. The normalized spacial score (nSPS) is 21.9. The molecule has 0 radical (unpaired) electrons. The summed E-state index contributed by atoms with van der Waals surface area (Å²) < 4.78 is 0. The van der Waals surface area contributed by atoms with Crippen molar-refractivity contribution in [3.8, 4) is 0 Å². The van der Waals surface area contributed by atoms with E-state index in [4.69, 9.17) is 21.6 Å². The fourth-order valence-electron chi connectivity index (χ4n) is 2.50. The Bertz CT molecular complexity index is 501. The van der Waals surface area contributed by atoms with Gasteiger partial charge in [-0.2, -0.15) is 0 Å². The molecule has 1 saturated carbocycles. The van der Waals surface area contributed by atoms with Gasteiger partial charge in [-0.15, -0.1) is 0 Å². The zero-order valence-corrected chi connectivity index (χ0v) is 9.30. The van der Waals surface area contributed by atoms with E-state index in [2.05, 4.69) is 0 Å². The van der Waals surface area contributed by atoms with Crippen molar-refractivity contribution in [3.63, 3.8) is 0 Å². The minimum absolute atomic E-state index is 0.161. The molecule has 15 heavy (non-hydrogen) atoms. The lowest BCUT2D eigenvalue weighted by atomic mass is 9.90. The zero-order valence-electron chi connectivity index (χ0n) is 8.54. The molecule has 0 saturated heterocycles. The maximum absolute atomic E-state index is 6.12. The molecule has 0 N–H and O–H groups in total. The number of para-hydroxylation sites is 1. The van der Waals surface area contributed by atoms with Gasteiger partial charge in [-0.25, -0.2) is 0 Å². The van der Waals surface area contributed by atoms with Gasteiger partial charge < -0.3 is 0 Å². The van der Waals surface area contributed by atoms with Crippen LogP contribution < -0.4 is 10.7 Å². The van der Waals surface area contributed by atoms with Crippen molar-refractivity contribution >= 4 is 11.6 Å². The summed E-state index contributed by atoms with van der Waals surface area (Å²) in [5, 5.41) is 2.61. The van der Waals surface area contributed by atoms with Crippen LogP contribution in [0.3, 0.4) is 0 Å². The molecule has 0 unspecified atom stereocenters. The first-order chi connectivity index (χ1) is 7.29. The summed E-state index contributed by atoms with van der Waals surface area (Å²) in [4.78, 5) is 9.50. The maximum Gasteiger partial charge on any atom is 0.151 e. The van der Waals surface area contributed by atoms with Gasteiger partial charge in [0.2, 0.25) is 0 Å². The Labute approximate surface area is 93.7 Å². The standard InChI is InChI=1S/C12H13ClN2/c13-9-5-4-6-10-11(9)15-12(14-10)7-2-1-3-8-12/h4-6H,1-3,7-8H2. The molecule has 0 amide bonds. The van der Waals surface area contributed by atoms with Crippen LogP contribution in [0.15, 0.2) is 28.2 Å². The Hall–Kier alpha value is -0.890. The summed E-state index contributed by atoms with van der Waals surface area (Å²) in [6.07, 6.45) is 5.95. The van der Waals surface area contributed by atoms with Gasteiger partial charge in [-0.05, 0) is 37.8 Å². The van der Waals surface area contributed by atoms with E-state index in [-0.39, 0.29) is 5.66 Å². The summed E-state index contributed by atoms with van der Waals surface area (Å²) in [5.74, 6) is 0. The summed E-state index contributed by atoms with van der Waals surface area (Å²) in [6, 6.07) is 5.84. The molecular formula is C12H13ClN2. The highest BCUT2D eigenvalue weighted by atomic mass is 35.5. The molecule has 0 bridgehead atoms. The fourth-order valence-corrected chi connectivity index (χ4v) is 2.72. The van der Waals surface area contributed by atoms with Gasteiger partial charge in [0, 0.05) is 0 Å². The number of hydrogen-bond donors (Lipinski definition) is 0. The second-order valence-electron chi connectivity index (χ2n) is 4.37. The SMILES string of the molecule is Clc1cccc2c1=NC1(CCCCC1)N=2. The van der Waals surface area contributed by atoms with Gasteiger partial charge >= 0.3 is 0 Å². The predicted octanol–water partition coefficient (Wildman–Crippen LogP) is 2.25. The van der Waals surface area contributed by atoms with Crippen LogP contribution in [0.2, 0.25) is 5.02 Å². The number of fused-ring (bicyclic) bond motifs is 1. The third-order valence-corrected chi connectivity index (χ3v) is 3.57. The molecule has 0 aromatic heterocycles. The van der Waals surface area contributed by atoms with Crippen LogP contribution in [0.5, 0.6) is 0 Å². The largest absolute Gasteiger partial charge is 0.253 e. The highest BCUT2D eigenvalue weighted by Crippen LogP contribution is 2.33.